The molecule has 3 N–H and O–H groups in total. The maximum atomic E-state index is 12.0. The van der Waals surface area contributed by atoms with Gasteiger partial charge in [0.25, 0.3) is 5.91 Å². The van der Waals surface area contributed by atoms with Crippen LogP contribution in [0.25, 0.3) is 0 Å². The first-order valence-electron chi connectivity index (χ1n) is 7.83. The second kappa shape index (κ2) is 9.25. The third kappa shape index (κ3) is 7.23. The van der Waals surface area contributed by atoms with Crippen LogP contribution >= 0.6 is 12.2 Å². The van der Waals surface area contributed by atoms with Crippen molar-refractivity contribution in [3.05, 3.63) is 29.8 Å². The van der Waals surface area contributed by atoms with E-state index in [0.29, 0.717) is 12.0 Å². The van der Waals surface area contributed by atoms with Gasteiger partial charge in [0.2, 0.25) is 5.91 Å². The lowest BCUT2D eigenvalue weighted by atomic mass is 10.1. The van der Waals surface area contributed by atoms with Crippen LogP contribution in [0.1, 0.15) is 50.9 Å². The summed E-state index contributed by atoms with van der Waals surface area (Å²) in [6, 6.07) is 7.10. The summed E-state index contributed by atoms with van der Waals surface area (Å²) in [6.45, 7) is 7.93. The molecule has 0 spiro atoms. The number of carbonyl (C=O) groups excluding carboxylic acids is 2. The van der Waals surface area contributed by atoms with Crippen molar-refractivity contribution in [2.75, 3.05) is 5.32 Å². The zero-order valence-electron chi connectivity index (χ0n) is 14.1. The highest BCUT2D eigenvalue weighted by molar-refractivity contribution is 7.80. The number of carbonyl (C=O) groups is 2. The van der Waals surface area contributed by atoms with Gasteiger partial charge < -0.3 is 16.0 Å². The van der Waals surface area contributed by atoms with Gasteiger partial charge in [-0.3, -0.25) is 9.59 Å². The van der Waals surface area contributed by atoms with Crippen LogP contribution in [0.2, 0.25) is 0 Å². The van der Waals surface area contributed by atoms with Gasteiger partial charge >= 0.3 is 0 Å². The predicted octanol–water partition coefficient (Wildman–Crippen LogP) is 3.07. The molecule has 23 heavy (non-hydrogen) atoms. The van der Waals surface area contributed by atoms with Crippen LogP contribution < -0.4 is 16.0 Å². The van der Waals surface area contributed by atoms with E-state index in [2.05, 4.69) is 16.0 Å². The van der Waals surface area contributed by atoms with E-state index in [4.69, 9.17) is 12.2 Å². The molecule has 0 saturated heterocycles. The number of hydrogen-bond acceptors (Lipinski definition) is 3. The lowest BCUT2D eigenvalue weighted by Crippen LogP contribution is -2.34. The van der Waals surface area contributed by atoms with E-state index in [-0.39, 0.29) is 28.9 Å². The molecule has 1 unspecified atom stereocenters. The smallest absolute Gasteiger partial charge is 0.251 e. The molecule has 0 bridgehead atoms. The molecular formula is C17H25N3O2S. The summed E-state index contributed by atoms with van der Waals surface area (Å²) in [6.07, 6.45) is 1.31. The van der Waals surface area contributed by atoms with Gasteiger partial charge in [0.05, 0.1) is 0 Å². The van der Waals surface area contributed by atoms with Gasteiger partial charge in [-0.1, -0.05) is 20.8 Å². The number of hydrogen-bond donors (Lipinski definition) is 3. The molecule has 0 radical (unpaired) electrons. The summed E-state index contributed by atoms with van der Waals surface area (Å²) in [5.74, 6) is 0.0712. The molecule has 5 nitrogen and oxygen atoms in total. The van der Waals surface area contributed by atoms with Crippen molar-refractivity contribution in [2.24, 2.45) is 5.92 Å². The van der Waals surface area contributed by atoms with E-state index < -0.39 is 0 Å². The second-order valence-corrected chi connectivity index (χ2v) is 6.37. The molecule has 2 amide bonds. The first-order valence-corrected chi connectivity index (χ1v) is 8.24. The minimum Gasteiger partial charge on any atom is -0.350 e. The molecule has 0 fully saturated rings. The Morgan fingerprint density at radius 1 is 1.13 bits per heavy atom. The molecular weight excluding hydrogens is 310 g/mol. The van der Waals surface area contributed by atoms with Crippen LogP contribution in [0.15, 0.2) is 24.3 Å². The van der Waals surface area contributed by atoms with Gasteiger partial charge in [0, 0.05) is 23.7 Å². The van der Waals surface area contributed by atoms with Gasteiger partial charge in [-0.15, -0.1) is 0 Å². The summed E-state index contributed by atoms with van der Waals surface area (Å²) in [7, 11) is 0. The normalized spacial score (nSPS) is 11.7. The molecule has 0 aliphatic carbocycles. The molecule has 1 rings (SSSR count). The minimum atomic E-state index is -0.109. The Morgan fingerprint density at radius 2 is 1.74 bits per heavy atom. The Morgan fingerprint density at radius 3 is 2.26 bits per heavy atom. The molecule has 0 saturated carbocycles. The SMILES string of the molecule is CCC(C)NC(=O)c1ccc(NC(=S)NC(=O)CC(C)C)cc1. The lowest BCUT2D eigenvalue weighted by molar-refractivity contribution is -0.120. The second-order valence-electron chi connectivity index (χ2n) is 5.96. The number of amides is 2. The predicted molar refractivity (Wildman–Crippen MR) is 97.5 cm³/mol. The molecule has 1 atom stereocenters. The Labute approximate surface area is 143 Å². The lowest BCUT2D eigenvalue weighted by Gasteiger charge is -2.13. The summed E-state index contributed by atoms with van der Waals surface area (Å²) in [4.78, 5) is 23.6. The third-order valence-corrected chi connectivity index (χ3v) is 3.45. The van der Waals surface area contributed by atoms with Crippen LogP contribution in [0.5, 0.6) is 0 Å². The monoisotopic (exact) mass is 335 g/mol. The fourth-order valence-electron chi connectivity index (χ4n) is 1.82. The molecule has 0 aliphatic rings. The van der Waals surface area contributed by atoms with E-state index in [9.17, 15) is 9.59 Å². The largest absolute Gasteiger partial charge is 0.350 e. The van der Waals surface area contributed by atoms with E-state index in [0.717, 1.165) is 12.1 Å². The highest BCUT2D eigenvalue weighted by Crippen LogP contribution is 2.10. The fraction of sp³-hybridized carbons (Fsp3) is 0.471. The standard InChI is InChI=1S/C17H25N3O2S/c1-5-12(4)18-16(22)13-6-8-14(9-7-13)19-17(23)20-15(21)10-11(2)3/h6-9,11-12H,5,10H2,1-4H3,(H,18,22)(H2,19,20,21,23). The van der Waals surface area contributed by atoms with Gasteiger partial charge in [0.15, 0.2) is 5.11 Å². The van der Waals surface area contributed by atoms with Crippen LogP contribution in [0.4, 0.5) is 5.69 Å². The third-order valence-electron chi connectivity index (χ3n) is 3.24. The number of nitrogens with one attached hydrogen (secondary N) is 3. The van der Waals surface area contributed by atoms with E-state index in [1.807, 2.05) is 27.7 Å². The summed E-state index contributed by atoms with van der Waals surface area (Å²) >= 11 is 5.10. The number of rotatable bonds is 6. The van der Waals surface area contributed by atoms with Crippen molar-refractivity contribution in [1.82, 2.24) is 10.6 Å². The first-order chi connectivity index (χ1) is 10.8. The maximum Gasteiger partial charge on any atom is 0.251 e. The molecule has 0 heterocycles. The highest BCUT2D eigenvalue weighted by atomic mass is 32.1. The number of thiocarbonyl (C=S) groups is 1. The van der Waals surface area contributed by atoms with Crippen molar-refractivity contribution in [3.63, 3.8) is 0 Å². The Hall–Kier alpha value is -1.95. The van der Waals surface area contributed by atoms with Gasteiger partial charge in [0.1, 0.15) is 0 Å². The zero-order valence-corrected chi connectivity index (χ0v) is 14.9. The van der Waals surface area contributed by atoms with Gasteiger partial charge in [-0.25, -0.2) is 0 Å². The van der Waals surface area contributed by atoms with Crippen molar-refractivity contribution in [1.29, 1.82) is 0 Å². The summed E-state index contributed by atoms with van der Waals surface area (Å²) in [5, 5.41) is 8.73. The molecule has 1 aromatic carbocycles. The highest BCUT2D eigenvalue weighted by Gasteiger charge is 2.09. The van der Waals surface area contributed by atoms with Gasteiger partial charge in [-0.2, -0.15) is 0 Å². The van der Waals surface area contributed by atoms with Crippen molar-refractivity contribution in [3.8, 4) is 0 Å². The minimum absolute atomic E-state index is 0.0984. The molecule has 126 valence electrons. The Kier molecular flexibility index (Phi) is 7.68. The maximum absolute atomic E-state index is 12.0. The van der Waals surface area contributed by atoms with Crippen molar-refractivity contribution < 1.29 is 9.59 Å². The van der Waals surface area contributed by atoms with Crippen LogP contribution in [0.3, 0.4) is 0 Å². The molecule has 0 aliphatic heterocycles. The fourth-order valence-corrected chi connectivity index (χ4v) is 2.06. The average molecular weight is 335 g/mol. The van der Waals surface area contributed by atoms with E-state index in [1.165, 1.54) is 0 Å². The molecule has 1 aromatic rings. The van der Waals surface area contributed by atoms with Crippen LogP contribution in [0, 0.1) is 5.92 Å². The van der Waals surface area contributed by atoms with Crippen molar-refractivity contribution in [2.45, 2.75) is 46.6 Å². The zero-order chi connectivity index (χ0) is 17.4. The molecule has 6 heteroatoms. The van der Waals surface area contributed by atoms with Crippen LogP contribution in [-0.2, 0) is 4.79 Å². The Bertz CT molecular complexity index is 555. The quantitative estimate of drug-likeness (QED) is 0.699. The van der Waals surface area contributed by atoms with Crippen molar-refractivity contribution >= 4 is 34.8 Å². The van der Waals surface area contributed by atoms with Crippen LogP contribution in [-0.4, -0.2) is 23.0 Å². The summed E-state index contributed by atoms with van der Waals surface area (Å²) in [5.41, 5.74) is 1.31. The van der Waals surface area contributed by atoms with Gasteiger partial charge in [-0.05, 0) is 55.7 Å². The average Bonchev–Trinajstić information content (AvgIpc) is 2.46. The molecule has 0 aromatic heterocycles. The Balaban J connectivity index is 2.55. The summed E-state index contributed by atoms with van der Waals surface area (Å²) < 4.78 is 0. The first kappa shape index (κ1) is 19.1. The number of anilines is 1. The number of benzene rings is 1. The van der Waals surface area contributed by atoms with E-state index in [1.54, 1.807) is 24.3 Å². The topological polar surface area (TPSA) is 70.2 Å². The van der Waals surface area contributed by atoms with E-state index >= 15 is 0 Å².